The van der Waals surface area contributed by atoms with Crippen molar-refractivity contribution in [3.05, 3.63) is 58.9 Å². The van der Waals surface area contributed by atoms with Gasteiger partial charge in [0.25, 0.3) is 5.91 Å². The lowest BCUT2D eigenvalue weighted by Gasteiger charge is -2.29. The number of rotatable bonds is 7. The molecule has 0 saturated carbocycles. The number of ether oxygens (including phenoxy) is 1. The third kappa shape index (κ3) is 6.01. The predicted molar refractivity (Wildman–Crippen MR) is 113 cm³/mol. The van der Waals surface area contributed by atoms with Gasteiger partial charge >= 0.3 is 6.18 Å². The van der Waals surface area contributed by atoms with Crippen molar-refractivity contribution < 1.29 is 35.5 Å². The largest absolute Gasteiger partial charge is 0.416 e. The number of anilines is 1. The number of benzene rings is 2. The Labute approximate surface area is 188 Å². The highest BCUT2D eigenvalue weighted by Gasteiger charge is 2.34. The molecule has 0 aliphatic carbocycles. The van der Waals surface area contributed by atoms with Crippen molar-refractivity contribution in [3.63, 3.8) is 0 Å². The highest BCUT2D eigenvalue weighted by Crippen LogP contribution is 2.35. The third-order valence-corrected chi connectivity index (χ3v) is 6.58. The first-order chi connectivity index (χ1) is 15.5. The molecule has 1 saturated heterocycles. The van der Waals surface area contributed by atoms with Gasteiger partial charge in [-0.15, -0.1) is 0 Å². The molecule has 0 aromatic heterocycles. The summed E-state index contributed by atoms with van der Waals surface area (Å²) in [5.74, 6) is -2.03. The summed E-state index contributed by atoms with van der Waals surface area (Å²) in [6.07, 6.45) is -4.67. The molecular weight excluding hydrogens is 466 g/mol. The molecule has 1 heterocycles. The number of alkyl halides is 3. The fourth-order valence-electron chi connectivity index (χ4n) is 3.39. The summed E-state index contributed by atoms with van der Waals surface area (Å²) >= 11 is 0. The first kappa shape index (κ1) is 24.9. The molecule has 2 N–H and O–H groups in total. The summed E-state index contributed by atoms with van der Waals surface area (Å²) < 4.78 is 86.9. The SMILES string of the molecule is CCNS(=O)(=O)c1ccc(F)c(C(=O)NCc2ccc(N3CCOCC3)cc2C(F)(F)F)c1. The van der Waals surface area contributed by atoms with Crippen molar-refractivity contribution in [2.24, 2.45) is 0 Å². The van der Waals surface area contributed by atoms with E-state index >= 15 is 0 Å². The summed E-state index contributed by atoms with van der Waals surface area (Å²) in [6.45, 7) is 2.85. The Morgan fingerprint density at radius 3 is 2.45 bits per heavy atom. The first-order valence-electron chi connectivity index (χ1n) is 10.1. The van der Waals surface area contributed by atoms with E-state index in [1.807, 2.05) is 0 Å². The molecule has 1 aliphatic rings. The van der Waals surface area contributed by atoms with E-state index in [-0.39, 0.29) is 17.0 Å². The van der Waals surface area contributed by atoms with Crippen LogP contribution in [0.3, 0.4) is 0 Å². The molecule has 12 heteroatoms. The maximum Gasteiger partial charge on any atom is 0.416 e. The van der Waals surface area contributed by atoms with E-state index in [1.54, 1.807) is 11.8 Å². The van der Waals surface area contributed by atoms with Gasteiger partial charge in [0.1, 0.15) is 5.82 Å². The quantitative estimate of drug-likeness (QED) is 0.584. The van der Waals surface area contributed by atoms with Crippen LogP contribution in [-0.2, 0) is 27.5 Å². The van der Waals surface area contributed by atoms with Gasteiger partial charge in [-0.3, -0.25) is 4.79 Å². The maximum atomic E-state index is 14.2. The minimum Gasteiger partial charge on any atom is -0.378 e. The number of nitrogens with one attached hydrogen (secondary N) is 2. The molecule has 0 atom stereocenters. The van der Waals surface area contributed by atoms with E-state index in [0.717, 1.165) is 24.3 Å². The van der Waals surface area contributed by atoms with Crippen LogP contribution in [0.4, 0.5) is 23.2 Å². The van der Waals surface area contributed by atoms with E-state index in [4.69, 9.17) is 4.74 Å². The molecule has 7 nitrogen and oxygen atoms in total. The average molecular weight is 489 g/mol. The van der Waals surface area contributed by atoms with Crippen molar-refractivity contribution in [2.45, 2.75) is 24.5 Å². The Balaban J connectivity index is 1.82. The van der Waals surface area contributed by atoms with E-state index in [9.17, 15) is 30.8 Å². The van der Waals surface area contributed by atoms with E-state index in [1.165, 1.54) is 12.1 Å². The van der Waals surface area contributed by atoms with Gasteiger partial charge in [-0.2, -0.15) is 13.2 Å². The zero-order valence-corrected chi connectivity index (χ0v) is 18.5. The third-order valence-electron chi connectivity index (χ3n) is 5.04. The Bertz CT molecular complexity index is 1120. The molecule has 0 radical (unpaired) electrons. The molecule has 0 unspecified atom stereocenters. The Kier molecular flexibility index (Phi) is 7.60. The lowest BCUT2D eigenvalue weighted by atomic mass is 10.0. The van der Waals surface area contributed by atoms with Crippen LogP contribution in [0.2, 0.25) is 0 Å². The average Bonchev–Trinajstić information content (AvgIpc) is 2.77. The van der Waals surface area contributed by atoms with Crippen LogP contribution in [0.1, 0.15) is 28.4 Å². The van der Waals surface area contributed by atoms with Crippen LogP contribution in [0, 0.1) is 5.82 Å². The van der Waals surface area contributed by atoms with Crippen LogP contribution in [0.5, 0.6) is 0 Å². The van der Waals surface area contributed by atoms with Crippen LogP contribution >= 0.6 is 0 Å². The normalized spacial score (nSPS) is 14.9. The molecule has 1 amide bonds. The van der Waals surface area contributed by atoms with Gasteiger partial charge in [-0.25, -0.2) is 17.5 Å². The standard InChI is InChI=1S/C21H23F4N3O4S/c1-2-27-33(30,31)16-5-6-19(22)17(12-16)20(29)26-13-14-3-4-15(11-18(14)21(23,24)25)28-7-9-32-10-8-28/h3-6,11-12,27H,2,7-10,13H2,1H3,(H,26,29). The van der Waals surface area contributed by atoms with E-state index < -0.39 is 45.6 Å². The number of hydrogen-bond acceptors (Lipinski definition) is 5. The fourth-order valence-corrected chi connectivity index (χ4v) is 4.46. The second kappa shape index (κ2) is 10.1. The number of amides is 1. The number of hydrogen-bond donors (Lipinski definition) is 2. The topological polar surface area (TPSA) is 87.7 Å². The number of morpholine rings is 1. The van der Waals surface area contributed by atoms with Gasteiger partial charge in [0, 0.05) is 31.9 Å². The summed E-state index contributed by atoms with van der Waals surface area (Å²) in [5.41, 5.74) is -1.33. The predicted octanol–water partition coefficient (Wildman–Crippen LogP) is 2.91. The molecule has 0 bridgehead atoms. The molecule has 1 fully saturated rings. The minimum atomic E-state index is -4.67. The second-order valence-electron chi connectivity index (χ2n) is 7.26. The zero-order chi connectivity index (χ0) is 24.2. The summed E-state index contributed by atoms with van der Waals surface area (Å²) in [4.78, 5) is 13.9. The molecule has 2 aromatic rings. The van der Waals surface area contributed by atoms with Crippen molar-refractivity contribution >= 4 is 21.6 Å². The molecule has 180 valence electrons. The molecule has 3 rings (SSSR count). The van der Waals surface area contributed by atoms with Gasteiger partial charge in [0.15, 0.2) is 0 Å². The monoisotopic (exact) mass is 489 g/mol. The van der Waals surface area contributed by atoms with Crippen molar-refractivity contribution in [1.82, 2.24) is 10.0 Å². The number of halogens is 4. The van der Waals surface area contributed by atoms with Crippen LogP contribution < -0.4 is 14.9 Å². The number of sulfonamides is 1. The van der Waals surface area contributed by atoms with Gasteiger partial charge in [-0.05, 0) is 35.9 Å². The Hall–Kier alpha value is -2.70. The van der Waals surface area contributed by atoms with Crippen molar-refractivity contribution in [1.29, 1.82) is 0 Å². The van der Waals surface area contributed by atoms with Crippen LogP contribution in [0.25, 0.3) is 0 Å². The molecule has 2 aromatic carbocycles. The molecule has 0 spiro atoms. The Morgan fingerprint density at radius 1 is 1.12 bits per heavy atom. The van der Waals surface area contributed by atoms with Crippen LogP contribution in [0.15, 0.2) is 41.3 Å². The van der Waals surface area contributed by atoms with Gasteiger partial charge in [0.05, 0.1) is 29.2 Å². The number of carbonyl (C=O) groups is 1. The van der Waals surface area contributed by atoms with Crippen molar-refractivity contribution in [3.8, 4) is 0 Å². The van der Waals surface area contributed by atoms with Gasteiger partial charge < -0.3 is 15.0 Å². The highest BCUT2D eigenvalue weighted by molar-refractivity contribution is 7.89. The summed E-state index contributed by atoms with van der Waals surface area (Å²) in [6, 6.07) is 6.45. The molecule has 1 aliphatic heterocycles. The lowest BCUT2D eigenvalue weighted by molar-refractivity contribution is -0.138. The summed E-state index contributed by atoms with van der Waals surface area (Å²) in [7, 11) is -3.95. The number of nitrogens with zero attached hydrogens (tertiary/aromatic N) is 1. The van der Waals surface area contributed by atoms with Gasteiger partial charge in [-0.1, -0.05) is 13.0 Å². The smallest absolute Gasteiger partial charge is 0.378 e. The second-order valence-corrected chi connectivity index (χ2v) is 9.03. The lowest BCUT2D eigenvalue weighted by Crippen LogP contribution is -2.36. The van der Waals surface area contributed by atoms with Crippen molar-refractivity contribution in [2.75, 3.05) is 37.7 Å². The minimum absolute atomic E-state index is 0.0852. The first-order valence-corrected chi connectivity index (χ1v) is 11.6. The number of carbonyl (C=O) groups excluding carboxylic acids is 1. The van der Waals surface area contributed by atoms with E-state index in [2.05, 4.69) is 10.0 Å². The summed E-state index contributed by atoms with van der Waals surface area (Å²) in [5, 5.41) is 2.25. The van der Waals surface area contributed by atoms with Crippen LogP contribution in [-0.4, -0.2) is 47.2 Å². The van der Waals surface area contributed by atoms with E-state index in [0.29, 0.717) is 32.0 Å². The fraction of sp³-hybridized carbons (Fsp3) is 0.381. The maximum absolute atomic E-state index is 14.2. The molecule has 33 heavy (non-hydrogen) atoms. The molecular formula is C21H23F4N3O4S. The zero-order valence-electron chi connectivity index (χ0n) is 17.7. The van der Waals surface area contributed by atoms with Gasteiger partial charge in [0.2, 0.25) is 10.0 Å². The highest BCUT2D eigenvalue weighted by atomic mass is 32.2. The Morgan fingerprint density at radius 2 is 1.82 bits per heavy atom.